The molecule has 0 spiro atoms. The van der Waals surface area contributed by atoms with E-state index in [9.17, 15) is 32.5 Å². The van der Waals surface area contributed by atoms with Crippen molar-refractivity contribution < 1.29 is 27.3 Å². The van der Waals surface area contributed by atoms with E-state index in [1.807, 2.05) is 0 Å². The molecule has 0 radical (unpaired) electrons. The van der Waals surface area contributed by atoms with Crippen LogP contribution in [0.3, 0.4) is 0 Å². The van der Waals surface area contributed by atoms with Crippen molar-refractivity contribution in [1.29, 1.82) is 0 Å². The first-order valence-electron chi connectivity index (χ1n) is 4.88. The van der Waals surface area contributed by atoms with Crippen LogP contribution in [0.25, 0.3) is 0 Å². The Morgan fingerprint density at radius 3 is 2.47 bits per heavy atom. The van der Waals surface area contributed by atoms with Gasteiger partial charge in [-0.3, -0.25) is 14.9 Å². The SMILES string of the molecule is CN(CC(F)(F)F)C(=O)c1cc(F)ccc1[N+](=O)[O-]. The first kappa shape index (κ1) is 14.9. The first-order chi connectivity index (χ1) is 8.61. The van der Waals surface area contributed by atoms with Crippen molar-refractivity contribution in [2.75, 3.05) is 13.6 Å². The minimum atomic E-state index is -4.65. The van der Waals surface area contributed by atoms with E-state index >= 15 is 0 Å². The van der Waals surface area contributed by atoms with Gasteiger partial charge in [-0.05, 0) is 12.1 Å². The molecular formula is C10H8F4N2O3. The lowest BCUT2D eigenvalue weighted by Gasteiger charge is -2.18. The average molecular weight is 280 g/mol. The van der Waals surface area contributed by atoms with Crippen LogP contribution in [0.5, 0.6) is 0 Å². The fourth-order valence-electron chi connectivity index (χ4n) is 1.39. The number of hydrogen-bond donors (Lipinski definition) is 0. The van der Waals surface area contributed by atoms with Crippen molar-refractivity contribution in [3.63, 3.8) is 0 Å². The number of rotatable bonds is 3. The van der Waals surface area contributed by atoms with E-state index in [0.29, 0.717) is 6.07 Å². The first-order valence-corrected chi connectivity index (χ1v) is 4.88. The van der Waals surface area contributed by atoms with Gasteiger partial charge in [0.2, 0.25) is 0 Å². The number of nitrogens with zero attached hydrogens (tertiary/aromatic N) is 2. The monoisotopic (exact) mass is 280 g/mol. The summed E-state index contributed by atoms with van der Waals surface area (Å²) in [4.78, 5) is 21.6. The highest BCUT2D eigenvalue weighted by molar-refractivity contribution is 5.98. The fourth-order valence-corrected chi connectivity index (χ4v) is 1.39. The number of carbonyl (C=O) groups excluding carboxylic acids is 1. The van der Waals surface area contributed by atoms with Crippen molar-refractivity contribution in [3.8, 4) is 0 Å². The van der Waals surface area contributed by atoms with Gasteiger partial charge in [0.25, 0.3) is 11.6 Å². The maximum Gasteiger partial charge on any atom is 0.406 e. The van der Waals surface area contributed by atoms with E-state index < -0.39 is 40.6 Å². The predicted octanol–water partition coefficient (Wildman–Crippen LogP) is 2.37. The zero-order chi connectivity index (χ0) is 14.8. The molecule has 0 atom stereocenters. The molecule has 19 heavy (non-hydrogen) atoms. The molecule has 1 rings (SSSR count). The summed E-state index contributed by atoms with van der Waals surface area (Å²) in [6, 6.07) is 2.01. The highest BCUT2D eigenvalue weighted by Crippen LogP contribution is 2.23. The largest absolute Gasteiger partial charge is 0.406 e. The summed E-state index contributed by atoms with van der Waals surface area (Å²) in [7, 11) is 0.824. The second kappa shape index (κ2) is 5.21. The van der Waals surface area contributed by atoms with Gasteiger partial charge >= 0.3 is 6.18 Å². The van der Waals surface area contributed by atoms with E-state index in [2.05, 4.69) is 0 Å². The lowest BCUT2D eigenvalue weighted by molar-refractivity contribution is -0.385. The van der Waals surface area contributed by atoms with Crippen LogP contribution in [0.15, 0.2) is 18.2 Å². The summed E-state index contributed by atoms with van der Waals surface area (Å²) in [5.74, 6) is -2.22. The van der Waals surface area contributed by atoms with E-state index in [4.69, 9.17) is 0 Å². The lowest BCUT2D eigenvalue weighted by atomic mass is 10.1. The minimum absolute atomic E-state index is 0.238. The number of hydrogen-bond acceptors (Lipinski definition) is 3. The molecule has 0 unspecified atom stereocenters. The maximum atomic E-state index is 13.0. The zero-order valence-electron chi connectivity index (χ0n) is 9.57. The third-order valence-electron chi connectivity index (χ3n) is 2.15. The molecule has 0 heterocycles. The summed E-state index contributed by atoms with van der Waals surface area (Å²) in [6.07, 6.45) is -4.65. The minimum Gasteiger partial charge on any atom is -0.332 e. The molecule has 1 aromatic rings. The van der Waals surface area contributed by atoms with E-state index in [-0.39, 0.29) is 4.90 Å². The Hall–Kier alpha value is -2.19. The Morgan fingerprint density at radius 2 is 2.00 bits per heavy atom. The van der Waals surface area contributed by atoms with Gasteiger partial charge in [0.1, 0.15) is 17.9 Å². The second-order valence-corrected chi connectivity index (χ2v) is 3.69. The zero-order valence-corrected chi connectivity index (χ0v) is 9.57. The molecular weight excluding hydrogens is 272 g/mol. The van der Waals surface area contributed by atoms with Gasteiger partial charge < -0.3 is 4.90 Å². The number of nitro benzene ring substituents is 1. The van der Waals surface area contributed by atoms with Crippen LogP contribution in [0.2, 0.25) is 0 Å². The normalized spacial score (nSPS) is 11.2. The topological polar surface area (TPSA) is 63.5 Å². The molecule has 1 amide bonds. The van der Waals surface area contributed by atoms with E-state index in [0.717, 1.165) is 19.2 Å². The molecule has 0 aliphatic heterocycles. The Morgan fingerprint density at radius 1 is 1.42 bits per heavy atom. The maximum absolute atomic E-state index is 13.0. The molecule has 0 N–H and O–H groups in total. The van der Waals surface area contributed by atoms with E-state index in [1.165, 1.54) is 0 Å². The number of amides is 1. The Balaban J connectivity index is 3.11. The van der Waals surface area contributed by atoms with Crippen LogP contribution in [0.1, 0.15) is 10.4 Å². The van der Waals surface area contributed by atoms with Gasteiger partial charge in [0.15, 0.2) is 0 Å². The highest BCUT2D eigenvalue weighted by atomic mass is 19.4. The Bertz CT molecular complexity index is 516. The van der Waals surface area contributed by atoms with Crippen LogP contribution in [0.4, 0.5) is 23.2 Å². The summed E-state index contributed by atoms with van der Waals surface area (Å²) in [5.41, 5.74) is -1.47. The smallest absolute Gasteiger partial charge is 0.332 e. The Labute approximate surface area is 104 Å². The average Bonchev–Trinajstić information content (AvgIpc) is 2.25. The standard InChI is InChI=1S/C10H8F4N2O3/c1-15(5-10(12,13)14)9(17)7-4-6(11)2-3-8(7)16(18)19/h2-4H,5H2,1H3. The van der Waals surface area contributed by atoms with Crippen molar-refractivity contribution in [2.45, 2.75) is 6.18 Å². The van der Waals surface area contributed by atoms with Gasteiger partial charge in [-0.25, -0.2) is 4.39 Å². The van der Waals surface area contributed by atoms with E-state index in [1.54, 1.807) is 0 Å². The van der Waals surface area contributed by atoms with Gasteiger partial charge in [0, 0.05) is 13.1 Å². The molecule has 0 aliphatic carbocycles. The van der Waals surface area contributed by atoms with Crippen LogP contribution in [-0.2, 0) is 0 Å². The van der Waals surface area contributed by atoms with Gasteiger partial charge in [-0.2, -0.15) is 13.2 Å². The number of alkyl halides is 3. The number of nitro groups is 1. The third-order valence-corrected chi connectivity index (χ3v) is 2.15. The number of carbonyl (C=O) groups is 1. The molecule has 5 nitrogen and oxygen atoms in total. The van der Waals surface area contributed by atoms with Crippen molar-refractivity contribution in [1.82, 2.24) is 4.90 Å². The molecule has 0 saturated heterocycles. The molecule has 0 aliphatic rings. The summed E-state index contributed by atoms with van der Waals surface area (Å²) in [5, 5.41) is 10.6. The van der Waals surface area contributed by atoms with Crippen LogP contribution >= 0.6 is 0 Å². The molecule has 0 saturated carbocycles. The molecule has 0 bridgehead atoms. The fraction of sp³-hybridized carbons (Fsp3) is 0.300. The highest BCUT2D eigenvalue weighted by Gasteiger charge is 2.33. The summed E-state index contributed by atoms with van der Waals surface area (Å²) in [6.45, 7) is -1.58. The number of halogens is 4. The van der Waals surface area contributed by atoms with Gasteiger partial charge in [0.05, 0.1) is 4.92 Å². The summed E-state index contributed by atoms with van der Waals surface area (Å²) < 4.78 is 49.3. The van der Waals surface area contributed by atoms with Crippen molar-refractivity contribution in [2.24, 2.45) is 0 Å². The lowest BCUT2D eigenvalue weighted by Crippen LogP contribution is -2.36. The molecule has 0 fully saturated rings. The van der Waals surface area contributed by atoms with Gasteiger partial charge in [-0.1, -0.05) is 0 Å². The molecule has 0 aromatic heterocycles. The second-order valence-electron chi connectivity index (χ2n) is 3.69. The third kappa shape index (κ3) is 3.90. The molecule has 9 heteroatoms. The molecule has 1 aromatic carbocycles. The van der Waals surface area contributed by atoms with Crippen LogP contribution in [0, 0.1) is 15.9 Å². The van der Waals surface area contributed by atoms with Gasteiger partial charge in [-0.15, -0.1) is 0 Å². The van der Waals surface area contributed by atoms with Crippen LogP contribution in [-0.4, -0.2) is 35.5 Å². The molecule has 104 valence electrons. The Kier molecular flexibility index (Phi) is 4.07. The summed E-state index contributed by atoms with van der Waals surface area (Å²) >= 11 is 0. The number of benzene rings is 1. The van der Waals surface area contributed by atoms with Crippen molar-refractivity contribution in [3.05, 3.63) is 39.7 Å². The quantitative estimate of drug-likeness (QED) is 0.485. The predicted molar refractivity (Wildman–Crippen MR) is 56.1 cm³/mol. The van der Waals surface area contributed by atoms with Crippen molar-refractivity contribution >= 4 is 11.6 Å². The van der Waals surface area contributed by atoms with Crippen LogP contribution < -0.4 is 0 Å².